The summed E-state index contributed by atoms with van der Waals surface area (Å²) in [4.78, 5) is 13.9. The van der Waals surface area contributed by atoms with E-state index in [0.29, 0.717) is 0 Å². The molecule has 19 heavy (non-hydrogen) atoms. The van der Waals surface area contributed by atoms with Crippen molar-refractivity contribution >= 4 is 5.97 Å². The van der Waals surface area contributed by atoms with Gasteiger partial charge in [-0.1, -0.05) is 12.1 Å². The van der Waals surface area contributed by atoms with Crippen molar-refractivity contribution in [3.05, 3.63) is 29.8 Å². The number of benzene rings is 1. The Balaban J connectivity index is 1.96. The summed E-state index contributed by atoms with van der Waals surface area (Å²) < 4.78 is 10.1. The average molecular weight is 263 g/mol. The van der Waals surface area contributed by atoms with Gasteiger partial charge in [-0.3, -0.25) is 9.69 Å². The summed E-state index contributed by atoms with van der Waals surface area (Å²) in [6, 6.07) is 8.07. The molecular formula is C15H21NO3. The van der Waals surface area contributed by atoms with Crippen molar-refractivity contribution in [1.29, 1.82) is 0 Å². The van der Waals surface area contributed by atoms with Gasteiger partial charge in [0.1, 0.15) is 5.75 Å². The molecule has 4 nitrogen and oxygen atoms in total. The third-order valence-electron chi connectivity index (χ3n) is 3.58. The number of rotatable bonds is 4. The van der Waals surface area contributed by atoms with E-state index in [-0.39, 0.29) is 11.9 Å². The maximum Gasteiger partial charge on any atom is 0.309 e. The fourth-order valence-electron chi connectivity index (χ4n) is 2.59. The number of likely N-dealkylation sites (tertiary alicyclic amines) is 1. The van der Waals surface area contributed by atoms with E-state index in [9.17, 15) is 4.79 Å². The first-order valence-electron chi connectivity index (χ1n) is 6.66. The maximum absolute atomic E-state index is 11.6. The van der Waals surface area contributed by atoms with Crippen LogP contribution in [0, 0.1) is 5.92 Å². The second kappa shape index (κ2) is 6.57. The Morgan fingerprint density at radius 1 is 1.42 bits per heavy atom. The highest BCUT2D eigenvalue weighted by atomic mass is 16.5. The molecule has 1 aromatic carbocycles. The fourth-order valence-corrected chi connectivity index (χ4v) is 2.59. The lowest BCUT2D eigenvalue weighted by Crippen LogP contribution is -2.38. The third kappa shape index (κ3) is 3.70. The van der Waals surface area contributed by atoms with E-state index in [1.807, 2.05) is 18.2 Å². The number of esters is 1. The molecule has 0 aromatic heterocycles. The summed E-state index contributed by atoms with van der Waals surface area (Å²) in [5.41, 5.74) is 1.21. The molecule has 0 amide bonds. The summed E-state index contributed by atoms with van der Waals surface area (Å²) in [6.45, 7) is 2.67. The van der Waals surface area contributed by atoms with Gasteiger partial charge in [-0.05, 0) is 37.1 Å². The average Bonchev–Trinajstić information content (AvgIpc) is 2.47. The van der Waals surface area contributed by atoms with Crippen molar-refractivity contribution in [3.8, 4) is 5.75 Å². The first-order valence-corrected chi connectivity index (χ1v) is 6.66. The van der Waals surface area contributed by atoms with Crippen molar-refractivity contribution in [1.82, 2.24) is 4.90 Å². The van der Waals surface area contributed by atoms with Gasteiger partial charge in [-0.2, -0.15) is 0 Å². The normalized spacial score (nSPS) is 20.0. The molecule has 0 spiro atoms. The molecule has 1 saturated heterocycles. The van der Waals surface area contributed by atoms with E-state index in [0.717, 1.165) is 38.2 Å². The van der Waals surface area contributed by atoms with Crippen molar-refractivity contribution < 1.29 is 14.3 Å². The van der Waals surface area contributed by atoms with Gasteiger partial charge in [0.2, 0.25) is 0 Å². The van der Waals surface area contributed by atoms with Crippen LogP contribution in [0.3, 0.4) is 0 Å². The summed E-state index contributed by atoms with van der Waals surface area (Å²) in [5.74, 6) is 0.804. The van der Waals surface area contributed by atoms with Crippen LogP contribution in [0.4, 0.5) is 0 Å². The third-order valence-corrected chi connectivity index (χ3v) is 3.58. The van der Waals surface area contributed by atoms with E-state index in [4.69, 9.17) is 9.47 Å². The Labute approximate surface area is 114 Å². The first-order chi connectivity index (χ1) is 9.22. The summed E-state index contributed by atoms with van der Waals surface area (Å²) >= 11 is 0. The van der Waals surface area contributed by atoms with Crippen LogP contribution >= 0.6 is 0 Å². The molecule has 104 valence electrons. The van der Waals surface area contributed by atoms with Gasteiger partial charge < -0.3 is 9.47 Å². The monoisotopic (exact) mass is 263 g/mol. The van der Waals surface area contributed by atoms with Gasteiger partial charge in [0.15, 0.2) is 0 Å². The molecule has 0 N–H and O–H groups in total. The minimum Gasteiger partial charge on any atom is -0.497 e. The smallest absolute Gasteiger partial charge is 0.309 e. The zero-order chi connectivity index (χ0) is 13.7. The zero-order valence-corrected chi connectivity index (χ0v) is 11.6. The van der Waals surface area contributed by atoms with Crippen LogP contribution in [0.2, 0.25) is 0 Å². The molecule has 1 heterocycles. The number of piperidine rings is 1. The molecule has 0 bridgehead atoms. The standard InChI is InChI=1S/C15H21NO3/c1-18-14-7-3-5-12(9-14)10-16-8-4-6-13(11-16)15(17)19-2/h3,5,7,9,13H,4,6,8,10-11H2,1-2H3/t13-/m0/s1. The number of nitrogens with zero attached hydrogens (tertiary/aromatic N) is 1. The summed E-state index contributed by atoms with van der Waals surface area (Å²) in [6.07, 6.45) is 1.98. The molecule has 1 aliphatic rings. The SMILES string of the molecule is COC(=O)[C@H]1CCCN(Cc2cccc(OC)c2)C1. The summed E-state index contributed by atoms with van der Waals surface area (Å²) in [7, 11) is 3.14. The molecule has 1 atom stereocenters. The van der Waals surface area contributed by atoms with Crippen molar-refractivity contribution in [2.24, 2.45) is 5.92 Å². The van der Waals surface area contributed by atoms with E-state index in [2.05, 4.69) is 11.0 Å². The van der Waals surface area contributed by atoms with Gasteiger partial charge in [0.05, 0.1) is 20.1 Å². The highest BCUT2D eigenvalue weighted by Gasteiger charge is 2.26. The topological polar surface area (TPSA) is 38.8 Å². The van der Waals surface area contributed by atoms with Crippen molar-refractivity contribution in [2.45, 2.75) is 19.4 Å². The number of hydrogen-bond donors (Lipinski definition) is 0. The Bertz CT molecular complexity index is 433. The summed E-state index contributed by atoms with van der Waals surface area (Å²) in [5, 5.41) is 0. The largest absolute Gasteiger partial charge is 0.497 e. The molecule has 1 aliphatic heterocycles. The van der Waals surface area contributed by atoms with Gasteiger partial charge in [0.25, 0.3) is 0 Å². The molecular weight excluding hydrogens is 242 g/mol. The van der Waals surface area contributed by atoms with Crippen LogP contribution in [0.15, 0.2) is 24.3 Å². The second-order valence-electron chi connectivity index (χ2n) is 4.95. The number of carbonyl (C=O) groups excluding carboxylic acids is 1. The molecule has 0 radical (unpaired) electrons. The molecule has 0 unspecified atom stereocenters. The molecule has 0 saturated carbocycles. The van der Waals surface area contributed by atoms with Gasteiger partial charge in [0, 0.05) is 13.1 Å². The fraction of sp³-hybridized carbons (Fsp3) is 0.533. The molecule has 0 aliphatic carbocycles. The molecule has 1 fully saturated rings. The van der Waals surface area contributed by atoms with Gasteiger partial charge >= 0.3 is 5.97 Å². The molecule has 1 aromatic rings. The van der Waals surface area contributed by atoms with Crippen LogP contribution in [-0.4, -0.2) is 38.2 Å². The Morgan fingerprint density at radius 3 is 3.00 bits per heavy atom. The van der Waals surface area contributed by atoms with E-state index < -0.39 is 0 Å². The highest BCUT2D eigenvalue weighted by Crippen LogP contribution is 2.21. The lowest BCUT2D eigenvalue weighted by Gasteiger charge is -2.31. The Hall–Kier alpha value is -1.55. The van der Waals surface area contributed by atoms with E-state index in [1.54, 1.807) is 7.11 Å². The maximum atomic E-state index is 11.6. The van der Waals surface area contributed by atoms with Crippen molar-refractivity contribution in [3.63, 3.8) is 0 Å². The lowest BCUT2D eigenvalue weighted by atomic mass is 9.98. The van der Waals surface area contributed by atoms with Crippen LogP contribution in [-0.2, 0) is 16.1 Å². The van der Waals surface area contributed by atoms with Crippen molar-refractivity contribution in [2.75, 3.05) is 27.3 Å². The van der Waals surface area contributed by atoms with Crippen LogP contribution in [0.1, 0.15) is 18.4 Å². The first kappa shape index (κ1) is 13.9. The number of carbonyl (C=O) groups is 1. The van der Waals surface area contributed by atoms with Gasteiger partial charge in [-0.25, -0.2) is 0 Å². The minimum absolute atomic E-state index is 0.0179. The van der Waals surface area contributed by atoms with Crippen LogP contribution < -0.4 is 4.74 Å². The minimum atomic E-state index is -0.0876. The molecule has 4 heteroatoms. The van der Waals surface area contributed by atoms with Crippen LogP contribution in [0.25, 0.3) is 0 Å². The number of methoxy groups -OCH3 is 2. The number of hydrogen-bond acceptors (Lipinski definition) is 4. The lowest BCUT2D eigenvalue weighted by molar-refractivity contribution is -0.147. The predicted molar refractivity (Wildman–Crippen MR) is 73.0 cm³/mol. The second-order valence-corrected chi connectivity index (χ2v) is 4.95. The Morgan fingerprint density at radius 2 is 2.26 bits per heavy atom. The van der Waals surface area contributed by atoms with Gasteiger partial charge in [-0.15, -0.1) is 0 Å². The van der Waals surface area contributed by atoms with Crippen LogP contribution in [0.5, 0.6) is 5.75 Å². The van der Waals surface area contributed by atoms with E-state index >= 15 is 0 Å². The zero-order valence-electron chi connectivity index (χ0n) is 11.6. The molecule has 2 rings (SSSR count). The Kier molecular flexibility index (Phi) is 4.80. The van der Waals surface area contributed by atoms with E-state index in [1.165, 1.54) is 12.7 Å². The quantitative estimate of drug-likeness (QED) is 0.780. The predicted octanol–water partition coefficient (Wildman–Crippen LogP) is 2.08. The number of ether oxygens (including phenoxy) is 2. The highest BCUT2D eigenvalue weighted by molar-refractivity contribution is 5.72.